The van der Waals surface area contributed by atoms with Crippen molar-refractivity contribution in [3.63, 3.8) is 0 Å². The molecule has 72 valence electrons. The monoisotopic (exact) mass is 184 g/mol. The van der Waals surface area contributed by atoms with E-state index >= 15 is 0 Å². The van der Waals surface area contributed by atoms with E-state index < -0.39 is 11.7 Å². The SMILES string of the molecule is O=C(O)/C(O)=C1\OC2CCC1CC2. The molecular formula is C9H12O4. The van der Waals surface area contributed by atoms with Gasteiger partial charge in [-0.2, -0.15) is 0 Å². The standard InChI is InChI=1S/C9H12O4/c10-7(9(11)12)8-5-1-3-6(13-8)4-2-5/h5-6,10H,1-4H2,(H,11,12)/b8-7+. The molecule has 0 aromatic heterocycles. The van der Waals surface area contributed by atoms with Crippen molar-refractivity contribution < 1.29 is 19.7 Å². The van der Waals surface area contributed by atoms with Gasteiger partial charge in [-0.05, 0) is 25.7 Å². The molecule has 3 aliphatic rings. The van der Waals surface area contributed by atoms with Gasteiger partial charge in [0.2, 0.25) is 5.76 Å². The number of aliphatic hydroxyl groups is 1. The van der Waals surface area contributed by atoms with Crippen molar-refractivity contribution in [1.82, 2.24) is 0 Å². The van der Waals surface area contributed by atoms with Crippen LogP contribution in [-0.2, 0) is 9.53 Å². The minimum absolute atomic E-state index is 0.126. The molecule has 4 heteroatoms. The molecule has 3 rings (SSSR count). The van der Waals surface area contributed by atoms with E-state index in [2.05, 4.69) is 0 Å². The van der Waals surface area contributed by atoms with Crippen molar-refractivity contribution in [3.8, 4) is 0 Å². The lowest BCUT2D eigenvalue weighted by Crippen LogP contribution is -2.32. The zero-order chi connectivity index (χ0) is 9.42. The van der Waals surface area contributed by atoms with E-state index in [1.807, 2.05) is 0 Å². The first kappa shape index (κ1) is 8.41. The summed E-state index contributed by atoms with van der Waals surface area (Å²) in [6, 6.07) is 0. The summed E-state index contributed by atoms with van der Waals surface area (Å²) in [6.45, 7) is 0. The maximum absolute atomic E-state index is 10.5. The number of hydrogen-bond acceptors (Lipinski definition) is 3. The smallest absolute Gasteiger partial charge is 0.374 e. The fourth-order valence-electron chi connectivity index (χ4n) is 2.07. The Balaban J connectivity index is 2.25. The van der Waals surface area contributed by atoms with E-state index in [0.717, 1.165) is 25.7 Å². The Morgan fingerprint density at radius 3 is 2.23 bits per heavy atom. The third-order valence-corrected chi connectivity index (χ3v) is 2.77. The van der Waals surface area contributed by atoms with Gasteiger partial charge in [0.05, 0.1) is 6.10 Å². The highest BCUT2D eigenvalue weighted by atomic mass is 16.5. The molecule has 2 saturated heterocycles. The molecule has 2 N–H and O–H groups in total. The summed E-state index contributed by atoms with van der Waals surface area (Å²) in [6.07, 6.45) is 3.98. The van der Waals surface area contributed by atoms with Gasteiger partial charge in [-0.15, -0.1) is 0 Å². The quantitative estimate of drug-likeness (QED) is 0.478. The van der Waals surface area contributed by atoms with E-state index in [4.69, 9.17) is 9.84 Å². The molecule has 2 bridgehead atoms. The first-order valence-corrected chi connectivity index (χ1v) is 4.51. The van der Waals surface area contributed by atoms with Crippen molar-refractivity contribution in [2.24, 2.45) is 5.92 Å². The Labute approximate surface area is 75.8 Å². The van der Waals surface area contributed by atoms with Crippen LogP contribution >= 0.6 is 0 Å². The molecular weight excluding hydrogens is 172 g/mol. The summed E-state index contributed by atoms with van der Waals surface area (Å²) < 4.78 is 5.36. The molecule has 0 unspecified atom stereocenters. The van der Waals surface area contributed by atoms with Crippen LogP contribution in [0.1, 0.15) is 25.7 Å². The molecule has 0 radical (unpaired) electrons. The van der Waals surface area contributed by atoms with Crippen molar-refractivity contribution in [1.29, 1.82) is 0 Å². The van der Waals surface area contributed by atoms with Gasteiger partial charge in [0.25, 0.3) is 0 Å². The van der Waals surface area contributed by atoms with Crippen LogP contribution in [0, 0.1) is 5.92 Å². The summed E-state index contributed by atoms with van der Waals surface area (Å²) in [5.74, 6) is -1.46. The van der Waals surface area contributed by atoms with Crippen LogP contribution in [0.4, 0.5) is 0 Å². The van der Waals surface area contributed by atoms with E-state index in [9.17, 15) is 9.90 Å². The molecule has 4 nitrogen and oxygen atoms in total. The van der Waals surface area contributed by atoms with Crippen molar-refractivity contribution in [2.45, 2.75) is 31.8 Å². The fourth-order valence-corrected chi connectivity index (χ4v) is 2.07. The zero-order valence-electron chi connectivity index (χ0n) is 7.19. The lowest BCUT2D eigenvalue weighted by Gasteiger charge is -2.38. The first-order valence-electron chi connectivity index (χ1n) is 4.51. The molecule has 2 heterocycles. The third kappa shape index (κ3) is 1.36. The molecule has 1 aliphatic carbocycles. The van der Waals surface area contributed by atoms with E-state index in [-0.39, 0.29) is 12.0 Å². The first-order chi connectivity index (χ1) is 6.18. The molecule has 13 heavy (non-hydrogen) atoms. The van der Waals surface area contributed by atoms with Gasteiger partial charge in [0.1, 0.15) is 5.76 Å². The number of hydrogen-bond donors (Lipinski definition) is 2. The van der Waals surface area contributed by atoms with Crippen LogP contribution < -0.4 is 0 Å². The topological polar surface area (TPSA) is 66.8 Å². The highest BCUT2D eigenvalue weighted by molar-refractivity contribution is 5.84. The Kier molecular flexibility index (Phi) is 1.90. The van der Waals surface area contributed by atoms with Crippen LogP contribution in [0.25, 0.3) is 0 Å². The van der Waals surface area contributed by atoms with Gasteiger partial charge >= 0.3 is 5.97 Å². The maximum atomic E-state index is 10.5. The molecule has 1 saturated carbocycles. The number of fused-ring (bicyclic) bond motifs is 3. The van der Waals surface area contributed by atoms with Crippen LogP contribution in [0.15, 0.2) is 11.5 Å². The molecule has 0 atom stereocenters. The van der Waals surface area contributed by atoms with Gasteiger partial charge in [0.15, 0.2) is 0 Å². The van der Waals surface area contributed by atoms with E-state index in [1.165, 1.54) is 0 Å². The van der Waals surface area contributed by atoms with Gasteiger partial charge in [-0.1, -0.05) is 0 Å². The molecule has 0 aromatic carbocycles. The lowest BCUT2D eigenvalue weighted by molar-refractivity contribution is -0.136. The highest BCUT2D eigenvalue weighted by Crippen LogP contribution is 2.40. The summed E-state index contributed by atoms with van der Waals surface area (Å²) >= 11 is 0. The van der Waals surface area contributed by atoms with Crippen LogP contribution in [-0.4, -0.2) is 22.3 Å². The largest absolute Gasteiger partial charge is 0.499 e. The fraction of sp³-hybridized carbons (Fsp3) is 0.667. The van der Waals surface area contributed by atoms with E-state index in [1.54, 1.807) is 0 Å². The number of carbonyl (C=O) groups is 1. The van der Waals surface area contributed by atoms with Crippen molar-refractivity contribution in [3.05, 3.63) is 11.5 Å². The second kappa shape index (κ2) is 2.94. The third-order valence-electron chi connectivity index (χ3n) is 2.77. The summed E-state index contributed by atoms with van der Waals surface area (Å²) in [7, 11) is 0. The Bertz CT molecular complexity index is 261. The number of allylic oxidation sites excluding steroid dienone is 1. The normalized spacial score (nSPS) is 35.4. The molecule has 2 aliphatic heterocycles. The molecule has 0 aromatic rings. The highest BCUT2D eigenvalue weighted by Gasteiger charge is 2.36. The van der Waals surface area contributed by atoms with E-state index in [0.29, 0.717) is 5.76 Å². The average Bonchev–Trinajstić information content (AvgIpc) is 2.18. The minimum atomic E-state index is -1.29. The van der Waals surface area contributed by atoms with Crippen molar-refractivity contribution >= 4 is 5.97 Å². The van der Waals surface area contributed by atoms with Gasteiger partial charge in [-0.25, -0.2) is 4.79 Å². The van der Waals surface area contributed by atoms with Crippen LogP contribution in [0.2, 0.25) is 0 Å². The molecule has 3 fully saturated rings. The van der Waals surface area contributed by atoms with Gasteiger partial charge in [0, 0.05) is 5.92 Å². The number of aliphatic hydroxyl groups excluding tert-OH is 1. The van der Waals surface area contributed by atoms with Crippen LogP contribution in [0.3, 0.4) is 0 Å². The summed E-state index contributed by atoms with van der Waals surface area (Å²) in [4.78, 5) is 10.5. The predicted molar refractivity (Wildman–Crippen MR) is 44.1 cm³/mol. The summed E-state index contributed by atoms with van der Waals surface area (Å²) in [5, 5.41) is 17.8. The van der Waals surface area contributed by atoms with Crippen molar-refractivity contribution in [2.75, 3.05) is 0 Å². The molecule has 0 amide bonds. The number of ether oxygens (including phenoxy) is 1. The second-order valence-electron chi connectivity index (χ2n) is 3.61. The number of rotatable bonds is 1. The number of aliphatic carboxylic acids is 1. The maximum Gasteiger partial charge on any atom is 0.374 e. The minimum Gasteiger partial charge on any atom is -0.499 e. The Morgan fingerprint density at radius 1 is 1.23 bits per heavy atom. The lowest BCUT2D eigenvalue weighted by atomic mass is 9.82. The van der Waals surface area contributed by atoms with Crippen LogP contribution in [0.5, 0.6) is 0 Å². The summed E-state index contributed by atoms with van der Waals surface area (Å²) in [5.41, 5.74) is 0. The number of carboxylic acids is 1. The Hall–Kier alpha value is -1.19. The Morgan fingerprint density at radius 2 is 1.85 bits per heavy atom. The number of carboxylic acid groups (broad SMARTS) is 1. The predicted octanol–water partition coefficient (Wildman–Crippen LogP) is 1.43. The zero-order valence-corrected chi connectivity index (χ0v) is 7.19. The van der Waals surface area contributed by atoms with Gasteiger partial charge < -0.3 is 14.9 Å². The second-order valence-corrected chi connectivity index (χ2v) is 3.61. The van der Waals surface area contributed by atoms with Gasteiger partial charge in [-0.3, -0.25) is 0 Å². The molecule has 0 spiro atoms. The average molecular weight is 184 g/mol.